The molecule has 2 N–H and O–H groups in total. The Balaban J connectivity index is 2.15. The molecule has 118 valence electrons. The van der Waals surface area contributed by atoms with Crippen LogP contribution in [0.4, 0.5) is 0 Å². The number of benzene rings is 2. The van der Waals surface area contributed by atoms with Gasteiger partial charge in [-0.2, -0.15) is 19.3 Å². The number of phenolic OH excluding ortho intramolecular Hbond substituents is 1. The van der Waals surface area contributed by atoms with Gasteiger partial charge in [-0.1, -0.05) is 30.3 Å². The molecule has 0 saturated carbocycles. The van der Waals surface area contributed by atoms with Gasteiger partial charge in [-0.25, -0.2) is 14.7 Å². The molecule has 24 heavy (non-hydrogen) atoms. The summed E-state index contributed by atoms with van der Waals surface area (Å²) in [6, 6.07) is 15.2. The molecule has 0 aliphatic carbocycles. The molecule has 4 aromatic rings. The second-order valence-corrected chi connectivity index (χ2v) is 5.08. The molecule has 2 aromatic carbocycles. The van der Waals surface area contributed by atoms with Crippen LogP contribution in [0, 0.1) is 0 Å². The van der Waals surface area contributed by atoms with Crippen molar-refractivity contribution in [2.75, 3.05) is 0 Å². The van der Waals surface area contributed by atoms with Gasteiger partial charge in [0.15, 0.2) is 5.65 Å². The predicted molar refractivity (Wildman–Crippen MR) is 86.3 cm³/mol. The number of aromatic nitrogens is 5. The standard InChI is InChI=1S/C16H11N5O3/c22-12-9-5-4-8-11(12)13-14-17-18-15(23)20(14)16(24)21(19-13)10-6-2-1-3-7-10/h1-9,22H,(H,18,23). The Kier molecular flexibility index (Phi) is 3.02. The summed E-state index contributed by atoms with van der Waals surface area (Å²) in [6.45, 7) is 0. The quantitative estimate of drug-likeness (QED) is 0.571. The molecule has 0 aliphatic rings. The van der Waals surface area contributed by atoms with Crippen molar-refractivity contribution in [1.29, 1.82) is 0 Å². The molecule has 0 fully saturated rings. The van der Waals surface area contributed by atoms with Crippen LogP contribution in [0.3, 0.4) is 0 Å². The van der Waals surface area contributed by atoms with Crippen LogP contribution in [0.5, 0.6) is 5.75 Å². The number of phenols is 1. The van der Waals surface area contributed by atoms with Crippen LogP contribution in [0.1, 0.15) is 0 Å². The van der Waals surface area contributed by atoms with Gasteiger partial charge in [0.1, 0.15) is 11.4 Å². The minimum Gasteiger partial charge on any atom is -0.507 e. The van der Waals surface area contributed by atoms with E-state index in [1.165, 1.54) is 6.07 Å². The van der Waals surface area contributed by atoms with E-state index >= 15 is 0 Å². The van der Waals surface area contributed by atoms with Crippen molar-refractivity contribution < 1.29 is 5.11 Å². The van der Waals surface area contributed by atoms with E-state index < -0.39 is 11.4 Å². The van der Waals surface area contributed by atoms with Crippen LogP contribution in [-0.2, 0) is 0 Å². The number of aromatic hydroxyl groups is 1. The smallest absolute Gasteiger partial charge is 0.359 e. The van der Waals surface area contributed by atoms with Crippen molar-refractivity contribution in [3.8, 4) is 22.7 Å². The Morgan fingerprint density at radius 2 is 1.67 bits per heavy atom. The van der Waals surface area contributed by atoms with Gasteiger partial charge in [-0.3, -0.25) is 0 Å². The van der Waals surface area contributed by atoms with E-state index in [1.807, 2.05) is 0 Å². The zero-order valence-electron chi connectivity index (χ0n) is 12.2. The molecule has 0 unspecified atom stereocenters. The third-order valence-electron chi connectivity index (χ3n) is 3.62. The number of hydrogen-bond acceptors (Lipinski definition) is 5. The molecular weight excluding hydrogens is 310 g/mol. The number of aromatic amines is 1. The van der Waals surface area contributed by atoms with Gasteiger partial charge in [-0.15, -0.1) is 0 Å². The first-order valence-electron chi connectivity index (χ1n) is 7.11. The summed E-state index contributed by atoms with van der Waals surface area (Å²) in [5, 5.41) is 20.5. The lowest BCUT2D eigenvalue weighted by atomic mass is 10.1. The maximum absolute atomic E-state index is 12.6. The first-order valence-corrected chi connectivity index (χ1v) is 7.11. The Bertz CT molecular complexity index is 1160. The van der Waals surface area contributed by atoms with Crippen molar-refractivity contribution in [1.82, 2.24) is 24.4 Å². The van der Waals surface area contributed by atoms with Gasteiger partial charge in [0.05, 0.1) is 5.69 Å². The monoisotopic (exact) mass is 321 g/mol. The molecule has 8 nitrogen and oxygen atoms in total. The maximum atomic E-state index is 12.6. The minimum atomic E-state index is -0.668. The van der Waals surface area contributed by atoms with Crippen LogP contribution in [0.2, 0.25) is 0 Å². The molecule has 0 bridgehead atoms. The van der Waals surface area contributed by atoms with E-state index in [0.29, 0.717) is 11.3 Å². The third kappa shape index (κ3) is 2.01. The molecule has 2 aromatic heterocycles. The summed E-state index contributed by atoms with van der Waals surface area (Å²) in [7, 11) is 0. The third-order valence-corrected chi connectivity index (χ3v) is 3.62. The van der Waals surface area contributed by atoms with Crippen molar-refractivity contribution in [3.05, 3.63) is 75.6 Å². The van der Waals surface area contributed by atoms with Gasteiger partial charge in [-0.05, 0) is 24.3 Å². The summed E-state index contributed by atoms with van der Waals surface area (Å²) in [5.74, 6) is -0.0272. The highest BCUT2D eigenvalue weighted by Crippen LogP contribution is 2.28. The van der Waals surface area contributed by atoms with Gasteiger partial charge in [0.2, 0.25) is 0 Å². The average molecular weight is 321 g/mol. The highest BCUT2D eigenvalue weighted by Gasteiger charge is 2.18. The van der Waals surface area contributed by atoms with Gasteiger partial charge < -0.3 is 5.11 Å². The van der Waals surface area contributed by atoms with E-state index in [9.17, 15) is 14.7 Å². The molecule has 0 saturated heterocycles. The van der Waals surface area contributed by atoms with Crippen molar-refractivity contribution in [3.63, 3.8) is 0 Å². The van der Waals surface area contributed by atoms with Gasteiger partial charge >= 0.3 is 11.4 Å². The summed E-state index contributed by atoms with van der Waals surface area (Å²) < 4.78 is 1.99. The Morgan fingerprint density at radius 3 is 2.42 bits per heavy atom. The Morgan fingerprint density at radius 1 is 0.958 bits per heavy atom. The van der Waals surface area contributed by atoms with Crippen LogP contribution in [-0.4, -0.2) is 29.5 Å². The number of nitrogens with one attached hydrogen (secondary N) is 1. The second-order valence-electron chi connectivity index (χ2n) is 5.08. The van der Waals surface area contributed by atoms with E-state index in [-0.39, 0.29) is 17.1 Å². The van der Waals surface area contributed by atoms with Crippen molar-refractivity contribution in [2.45, 2.75) is 0 Å². The van der Waals surface area contributed by atoms with E-state index in [4.69, 9.17) is 0 Å². The predicted octanol–water partition coefficient (Wildman–Crippen LogP) is 0.941. The fraction of sp³-hybridized carbons (Fsp3) is 0. The first-order chi connectivity index (χ1) is 11.7. The summed E-state index contributed by atoms with van der Waals surface area (Å²) in [4.78, 5) is 24.6. The SMILES string of the molecule is O=c1[nH]nc2c(-c3ccccc3O)nn(-c3ccccc3)c(=O)n12. The lowest BCUT2D eigenvalue weighted by molar-refractivity contribution is 0.477. The maximum Gasteiger partial charge on any atom is 0.359 e. The Hall–Kier alpha value is -3.68. The van der Waals surface area contributed by atoms with E-state index in [0.717, 1.165) is 9.08 Å². The van der Waals surface area contributed by atoms with E-state index in [2.05, 4.69) is 15.3 Å². The largest absolute Gasteiger partial charge is 0.507 e. The molecule has 0 spiro atoms. The summed E-state index contributed by atoms with van der Waals surface area (Å²) in [6.07, 6.45) is 0. The van der Waals surface area contributed by atoms with E-state index in [1.54, 1.807) is 48.5 Å². The van der Waals surface area contributed by atoms with Gasteiger partial charge in [0.25, 0.3) is 0 Å². The van der Waals surface area contributed by atoms with Crippen LogP contribution in [0.25, 0.3) is 22.6 Å². The zero-order valence-corrected chi connectivity index (χ0v) is 12.2. The van der Waals surface area contributed by atoms with Crippen LogP contribution >= 0.6 is 0 Å². The summed E-state index contributed by atoms with van der Waals surface area (Å²) in [5.41, 5.74) is -0.179. The minimum absolute atomic E-state index is 0.0272. The molecular formula is C16H11N5O3. The molecule has 8 heteroatoms. The normalized spacial score (nSPS) is 11.0. The molecule has 0 radical (unpaired) electrons. The molecule has 0 amide bonds. The van der Waals surface area contributed by atoms with Crippen LogP contribution in [0.15, 0.2) is 64.2 Å². The second kappa shape index (κ2) is 5.20. The number of fused-ring (bicyclic) bond motifs is 1. The number of para-hydroxylation sites is 2. The highest BCUT2D eigenvalue weighted by atomic mass is 16.3. The highest BCUT2D eigenvalue weighted by molar-refractivity contribution is 5.77. The molecule has 0 atom stereocenters. The van der Waals surface area contributed by atoms with Gasteiger partial charge in [0, 0.05) is 5.56 Å². The fourth-order valence-corrected chi connectivity index (χ4v) is 2.50. The average Bonchev–Trinajstić information content (AvgIpc) is 2.99. The lowest BCUT2D eigenvalue weighted by Crippen LogP contribution is -2.33. The lowest BCUT2D eigenvalue weighted by Gasteiger charge is -2.09. The Labute approximate surface area is 134 Å². The van der Waals surface area contributed by atoms with Crippen molar-refractivity contribution >= 4 is 5.65 Å². The number of nitrogens with zero attached hydrogens (tertiary/aromatic N) is 4. The molecule has 2 heterocycles. The number of rotatable bonds is 2. The number of H-pyrrole nitrogens is 1. The molecule has 0 aliphatic heterocycles. The molecule has 4 rings (SSSR count). The number of hydrogen-bond donors (Lipinski definition) is 2. The zero-order chi connectivity index (χ0) is 16.7. The first kappa shape index (κ1) is 13.9. The van der Waals surface area contributed by atoms with Crippen LogP contribution < -0.4 is 11.4 Å². The fourth-order valence-electron chi connectivity index (χ4n) is 2.50. The van der Waals surface area contributed by atoms with Crippen molar-refractivity contribution in [2.24, 2.45) is 0 Å². The topological polar surface area (TPSA) is 105 Å². The summed E-state index contributed by atoms with van der Waals surface area (Å²) >= 11 is 0.